The van der Waals surface area contributed by atoms with Crippen molar-refractivity contribution in [2.24, 2.45) is 11.7 Å². The van der Waals surface area contributed by atoms with Crippen LogP contribution >= 0.6 is 15.9 Å². The van der Waals surface area contributed by atoms with E-state index in [9.17, 15) is 0 Å². The highest BCUT2D eigenvalue weighted by Crippen LogP contribution is 2.28. The van der Waals surface area contributed by atoms with E-state index in [0.717, 1.165) is 22.4 Å². The number of ether oxygens (including phenoxy) is 1. The van der Waals surface area contributed by atoms with Gasteiger partial charge >= 0.3 is 0 Å². The van der Waals surface area contributed by atoms with Gasteiger partial charge in [0.15, 0.2) is 0 Å². The number of rotatable bonds is 8. The lowest BCUT2D eigenvalue weighted by Crippen LogP contribution is -2.14. The standard InChI is InChI=1S/C16H26BrNO/c1-4-6-7-13(5-2)11-19-16-10-14(17)8-9-15(16)12(3)18/h8-10,12-13H,4-7,11,18H2,1-3H3/t12-,13?/m1/s1. The molecule has 1 unspecified atom stereocenters. The molecule has 0 saturated heterocycles. The average Bonchev–Trinajstić information content (AvgIpc) is 2.38. The third-order valence-corrected chi connectivity index (χ3v) is 3.98. The first kappa shape index (κ1) is 16.5. The zero-order valence-electron chi connectivity index (χ0n) is 12.3. The molecule has 0 saturated carbocycles. The van der Waals surface area contributed by atoms with Gasteiger partial charge in [-0.15, -0.1) is 0 Å². The molecule has 0 spiro atoms. The van der Waals surface area contributed by atoms with Crippen molar-refractivity contribution < 1.29 is 4.74 Å². The van der Waals surface area contributed by atoms with Gasteiger partial charge in [0.2, 0.25) is 0 Å². The zero-order valence-corrected chi connectivity index (χ0v) is 13.9. The van der Waals surface area contributed by atoms with Crippen LogP contribution in [0.1, 0.15) is 58.1 Å². The molecule has 0 aliphatic carbocycles. The van der Waals surface area contributed by atoms with E-state index in [-0.39, 0.29) is 6.04 Å². The fourth-order valence-corrected chi connectivity index (χ4v) is 2.46. The molecule has 1 aromatic carbocycles. The lowest BCUT2D eigenvalue weighted by atomic mass is 10.0. The Morgan fingerprint density at radius 3 is 2.63 bits per heavy atom. The van der Waals surface area contributed by atoms with Crippen LogP contribution in [0, 0.1) is 5.92 Å². The van der Waals surface area contributed by atoms with Crippen molar-refractivity contribution in [3.8, 4) is 5.75 Å². The summed E-state index contributed by atoms with van der Waals surface area (Å²) in [4.78, 5) is 0. The highest BCUT2D eigenvalue weighted by molar-refractivity contribution is 9.10. The van der Waals surface area contributed by atoms with E-state index in [0.29, 0.717) is 5.92 Å². The molecule has 0 aliphatic rings. The zero-order chi connectivity index (χ0) is 14.3. The Morgan fingerprint density at radius 1 is 1.32 bits per heavy atom. The van der Waals surface area contributed by atoms with E-state index in [1.807, 2.05) is 25.1 Å². The van der Waals surface area contributed by atoms with Crippen LogP contribution in [0.4, 0.5) is 0 Å². The molecule has 0 radical (unpaired) electrons. The Balaban J connectivity index is 2.67. The Bertz CT molecular complexity index is 379. The fraction of sp³-hybridized carbons (Fsp3) is 0.625. The normalized spacial score (nSPS) is 14.2. The SMILES string of the molecule is CCCCC(CC)COc1cc(Br)ccc1[C@@H](C)N. The minimum Gasteiger partial charge on any atom is -0.493 e. The maximum absolute atomic E-state index is 6.02. The highest BCUT2D eigenvalue weighted by atomic mass is 79.9. The number of hydrogen-bond acceptors (Lipinski definition) is 2. The summed E-state index contributed by atoms with van der Waals surface area (Å²) in [6.45, 7) is 7.24. The molecule has 19 heavy (non-hydrogen) atoms. The molecule has 0 aliphatic heterocycles. The van der Waals surface area contributed by atoms with Crippen molar-refractivity contribution in [3.63, 3.8) is 0 Å². The molecule has 1 aromatic rings. The smallest absolute Gasteiger partial charge is 0.125 e. The van der Waals surface area contributed by atoms with Crippen molar-refractivity contribution in [2.75, 3.05) is 6.61 Å². The molecule has 0 fully saturated rings. The topological polar surface area (TPSA) is 35.2 Å². The summed E-state index contributed by atoms with van der Waals surface area (Å²) in [7, 11) is 0. The van der Waals surface area contributed by atoms with E-state index >= 15 is 0 Å². The molecular formula is C16H26BrNO. The summed E-state index contributed by atoms with van der Waals surface area (Å²) in [5.41, 5.74) is 7.07. The number of nitrogens with two attached hydrogens (primary N) is 1. The average molecular weight is 328 g/mol. The first-order valence-corrected chi connectivity index (χ1v) is 8.05. The van der Waals surface area contributed by atoms with Gasteiger partial charge in [-0.1, -0.05) is 55.1 Å². The van der Waals surface area contributed by atoms with Crippen LogP contribution in [0.3, 0.4) is 0 Å². The third-order valence-electron chi connectivity index (χ3n) is 3.48. The summed E-state index contributed by atoms with van der Waals surface area (Å²) in [5, 5.41) is 0. The second kappa shape index (κ2) is 8.60. The van der Waals surface area contributed by atoms with Crippen molar-refractivity contribution in [2.45, 2.75) is 52.5 Å². The molecular weight excluding hydrogens is 302 g/mol. The maximum atomic E-state index is 6.02. The van der Waals surface area contributed by atoms with E-state index < -0.39 is 0 Å². The Labute approximate surface area is 125 Å². The number of hydrogen-bond donors (Lipinski definition) is 1. The molecule has 2 nitrogen and oxygen atoms in total. The van der Waals surface area contributed by atoms with Crippen molar-refractivity contribution in [1.29, 1.82) is 0 Å². The Morgan fingerprint density at radius 2 is 2.05 bits per heavy atom. The van der Waals surface area contributed by atoms with Crippen molar-refractivity contribution >= 4 is 15.9 Å². The van der Waals surface area contributed by atoms with Crippen molar-refractivity contribution in [1.82, 2.24) is 0 Å². The van der Waals surface area contributed by atoms with Gasteiger partial charge in [-0.05, 0) is 31.4 Å². The molecule has 0 bridgehead atoms. The summed E-state index contributed by atoms with van der Waals surface area (Å²) in [6.07, 6.45) is 4.94. The molecule has 3 heteroatoms. The molecule has 0 heterocycles. The van der Waals surface area contributed by atoms with Crippen LogP contribution in [0.2, 0.25) is 0 Å². The predicted molar refractivity (Wildman–Crippen MR) is 85.5 cm³/mol. The Hall–Kier alpha value is -0.540. The quantitative estimate of drug-likeness (QED) is 0.723. The van der Waals surface area contributed by atoms with Gasteiger partial charge in [0.05, 0.1) is 6.61 Å². The molecule has 0 aromatic heterocycles. The third kappa shape index (κ3) is 5.53. The fourth-order valence-electron chi connectivity index (χ4n) is 2.12. The van der Waals surface area contributed by atoms with Gasteiger partial charge < -0.3 is 10.5 Å². The first-order chi connectivity index (χ1) is 9.08. The van der Waals surface area contributed by atoms with Crippen molar-refractivity contribution in [3.05, 3.63) is 28.2 Å². The van der Waals surface area contributed by atoms with Crippen LogP contribution in [0.15, 0.2) is 22.7 Å². The molecule has 0 amide bonds. The van der Waals surface area contributed by atoms with Gasteiger partial charge in [0.1, 0.15) is 5.75 Å². The first-order valence-electron chi connectivity index (χ1n) is 7.26. The molecule has 1 rings (SSSR count). The largest absolute Gasteiger partial charge is 0.493 e. The number of unbranched alkanes of at least 4 members (excludes halogenated alkanes) is 1. The van der Waals surface area contributed by atoms with E-state index in [1.54, 1.807) is 0 Å². The minimum atomic E-state index is -0.00109. The maximum Gasteiger partial charge on any atom is 0.125 e. The van der Waals surface area contributed by atoms with Crippen LogP contribution in [0.5, 0.6) is 5.75 Å². The van der Waals surface area contributed by atoms with Gasteiger partial charge in [-0.3, -0.25) is 0 Å². The number of benzene rings is 1. The lowest BCUT2D eigenvalue weighted by Gasteiger charge is -2.19. The van der Waals surface area contributed by atoms with E-state index in [2.05, 4.69) is 29.8 Å². The van der Waals surface area contributed by atoms with E-state index in [4.69, 9.17) is 10.5 Å². The second-order valence-corrected chi connectivity index (χ2v) is 6.11. The van der Waals surface area contributed by atoms with Crippen LogP contribution in [-0.2, 0) is 0 Å². The lowest BCUT2D eigenvalue weighted by molar-refractivity contribution is 0.230. The van der Waals surface area contributed by atoms with Gasteiger partial charge in [0, 0.05) is 16.1 Å². The van der Waals surface area contributed by atoms with Gasteiger partial charge in [-0.2, -0.15) is 0 Å². The molecule has 2 atom stereocenters. The van der Waals surface area contributed by atoms with Crippen LogP contribution in [-0.4, -0.2) is 6.61 Å². The second-order valence-electron chi connectivity index (χ2n) is 5.20. The van der Waals surface area contributed by atoms with Crippen LogP contribution in [0.25, 0.3) is 0 Å². The van der Waals surface area contributed by atoms with Gasteiger partial charge in [-0.25, -0.2) is 0 Å². The summed E-state index contributed by atoms with van der Waals surface area (Å²) < 4.78 is 7.06. The predicted octanol–water partition coefficient (Wildman–Crippen LogP) is 5.06. The molecule has 2 N–H and O–H groups in total. The summed E-state index contributed by atoms with van der Waals surface area (Å²) in [6, 6.07) is 6.07. The monoisotopic (exact) mass is 327 g/mol. The summed E-state index contributed by atoms with van der Waals surface area (Å²) >= 11 is 3.49. The van der Waals surface area contributed by atoms with Gasteiger partial charge in [0.25, 0.3) is 0 Å². The van der Waals surface area contributed by atoms with Crippen LogP contribution < -0.4 is 10.5 Å². The van der Waals surface area contributed by atoms with E-state index in [1.165, 1.54) is 25.7 Å². The Kier molecular flexibility index (Phi) is 7.47. The number of halogens is 1. The molecule has 108 valence electrons. The highest BCUT2D eigenvalue weighted by Gasteiger charge is 2.12. The summed E-state index contributed by atoms with van der Waals surface area (Å²) in [5.74, 6) is 1.55. The minimum absolute atomic E-state index is 0.00109.